The fourth-order valence-electron chi connectivity index (χ4n) is 7.64. The highest BCUT2D eigenvalue weighted by molar-refractivity contribution is 8.51. The first-order valence-corrected chi connectivity index (χ1v) is 45.5. The van der Waals surface area contributed by atoms with Gasteiger partial charge in [0, 0.05) is 25.1 Å². The van der Waals surface area contributed by atoms with Crippen molar-refractivity contribution >= 4 is 276 Å². The van der Waals surface area contributed by atoms with Gasteiger partial charge in [-0.25, -0.2) is 0 Å². The molecule has 9 heterocycles. The number of hydrogen-bond donors (Lipinski definition) is 0. The minimum Gasteiger partial charge on any atom is -0.136 e. The van der Waals surface area contributed by atoms with Crippen LogP contribution in [0, 0.1) is 0 Å². The molecule has 0 nitrogen and oxygen atoms in total. The van der Waals surface area contributed by atoms with Gasteiger partial charge in [-0.2, -0.15) is 0 Å². The molecular formula is C54H64S22. The Morgan fingerprint density at radius 2 is 0.645 bits per heavy atom. The van der Waals surface area contributed by atoms with Crippen molar-refractivity contribution in [2.75, 3.05) is 35.5 Å². The molecule has 0 fully saturated rings. The molecule has 22 heteroatoms. The molecule has 0 radical (unpaired) electrons. The van der Waals surface area contributed by atoms with E-state index in [1.54, 1.807) is 16.9 Å². The molecule has 0 aliphatic carbocycles. The van der Waals surface area contributed by atoms with Gasteiger partial charge in [-0.05, 0) is 97.6 Å². The summed E-state index contributed by atoms with van der Waals surface area (Å²) in [5.74, 6) is 4.98. The molecule has 76 heavy (non-hydrogen) atoms. The monoisotopic (exact) mass is 1420 g/mol. The summed E-state index contributed by atoms with van der Waals surface area (Å²) in [5, 5.41) is 0. The first-order valence-electron chi connectivity index (χ1n) is 26.0. The Kier molecular flexibility index (Phi) is 29.1. The fourth-order valence-corrected chi connectivity index (χ4v) is 40.5. The van der Waals surface area contributed by atoms with Crippen LogP contribution in [0.4, 0.5) is 0 Å². The molecule has 0 atom stereocenters. The molecule has 9 rings (SSSR count). The van der Waals surface area contributed by atoms with Gasteiger partial charge in [0.25, 0.3) is 0 Å². The summed E-state index contributed by atoms with van der Waals surface area (Å²) in [6.45, 7) is 9.25. The molecule has 2 aromatic rings. The van der Waals surface area contributed by atoms with Crippen LogP contribution in [0.3, 0.4) is 0 Å². The maximum Gasteiger partial charge on any atom is 0.0718 e. The van der Waals surface area contributed by atoms with Gasteiger partial charge in [0.2, 0.25) is 0 Å². The number of unbranched alkanes of at least 4 members (excludes halogenated alkanes) is 12. The molecule has 0 N–H and O–H groups in total. The van der Waals surface area contributed by atoms with Gasteiger partial charge in [-0.15, -0.1) is 93.2 Å². The topological polar surface area (TPSA) is 0 Å². The summed E-state index contributed by atoms with van der Waals surface area (Å²) >= 11 is 44.5. The lowest BCUT2D eigenvalue weighted by Crippen LogP contribution is -1.83. The zero-order valence-electron chi connectivity index (χ0n) is 43.6. The van der Waals surface area contributed by atoms with Gasteiger partial charge in [-0.3, -0.25) is 0 Å². The van der Waals surface area contributed by atoms with Crippen LogP contribution in [0.2, 0.25) is 0 Å². The second-order valence-corrected chi connectivity index (χ2v) is 44.6. The zero-order valence-corrected chi connectivity index (χ0v) is 61.6. The van der Waals surface area contributed by atoms with Crippen LogP contribution in [-0.4, -0.2) is 35.5 Å². The average Bonchev–Trinajstić information content (AvgIpc) is 4.28. The quantitative estimate of drug-likeness (QED) is 0.0681. The first-order chi connectivity index (χ1) is 37.4. The van der Waals surface area contributed by atoms with Gasteiger partial charge >= 0.3 is 0 Å². The second-order valence-electron chi connectivity index (χ2n) is 17.5. The van der Waals surface area contributed by atoms with Gasteiger partial charge in [-0.1, -0.05) is 269 Å². The molecule has 412 valence electrons. The van der Waals surface area contributed by atoms with Crippen LogP contribution in [0.5, 0.6) is 0 Å². The van der Waals surface area contributed by atoms with Crippen molar-refractivity contribution in [2.24, 2.45) is 0 Å². The number of thioether (sulfide) groups is 20. The van der Waals surface area contributed by atoms with Crippen LogP contribution in [0.1, 0.15) is 150 Å². The van der Waals surface area contributed by atoms with E-state index in [1.807, 2.05) is 164 Å². The lowest BCUT2D eigenvalue weighted by molar-refractivity contribution is 0.707. The average molecular weight is 1420 g/mol. The van der Waals surface area contributed by atoms with E-state index in [1.165, 1.54) is 206 Å². The largest absolute Gasteiger partial charge is 0.136 e. The molecular weight excluding hydrogens is 1350 g/mol. The third-order valence-corrected chi connectivity index (χ3v) is 42.3. The van der Waals surface area contributed by atoms with Crippen LogP contribution in [-0.2, 0) is 0 Å². The summed E-state index contributed by atoms with van der Waals surface area (Å²) in [6, 6.07) is 9.52. The summed E-state index contributed by atoms with van der Waals surface area (Å²) < 4.78 is 25.3. The van der Waals surface area contributed by atoms with E-state index in [2.05, 4.69) is 171 Å². The van der Waals surface area contributed by atoms with Crippen molar-refractivity contribution in [2.45, 2.75) is 130 Å². The lowest BCUT2D eigenvalue weighted by Gasteiger charge is -2.08. The third-order valence-electron chi connectivity index (χ3n) is 11.6. The standard InChI is InChI=1S/C54H64S22/c1-7-11-15-19-27-57-43-44(58-28-20-16-12-8-2)70-51(69-43)53-73-47-48(74-53)64-37(63-47)31-33-23-25-35(61-33)39(40-67-41(55-5)42(56-6)68-40)36-26-24-34(62-36)32-38-65-49-50(66-38)76-54(75-49)52-71-45(59-29-21-17-13-9-3)46(72-52)60-30-22-18-14-10-4/h23-26,31-32H,7-22,27-30H2,1-6H3. The minimum absolute atomic E-state index is 1.24. The van der Waals surface area contributed by atoms with Crippen molar-refractivity contribution in [3.05, 3.63) is 116 Å². The van der Waals surface area contributed by atoms with Crippen molar-refractivity contribution < 1.29 is 0 Å². The van der Waals surface area contributed by atoms with Crippen LogP contribution < -0.4 is 0 Å². The molecule has 0 spiro atoms. The van der Waals surface area contributed by atoms with E-state index in [4.69, 9.17) is 0 Å². The van der Waals surface area contributed by atoms with E-state index in [0.717, 1.165) is 0 Å². The predicted molar refractivity (Wildman–Crippen MR) is 400 cm³/mol. The molecule has 0 amide bonds. The van der Waals surface area contributed by atoms with Crippen molar-refractivity contribution in [1.82, 2.24) is 0 Å². The van der Waals surface area contributed by atoms with Gasteiger partial charge in [0.05, 0.1) is 72.0 Å². The fraction of sp³-hybridized carbons (Fsp3) is 0.481. The molecule has 0 saturated heterocycles. The number of thiophene rings is 2. The van der Waals surface area contributed by atoms with E-state index in [9.17, 15) is 0 Å². The van der Waals surface area contributed by atoms with E-state index >= 15 is 0 Å². The van der Waals surface area contributed by atoms with Crippen LogP contribution in [0.15, 0.2) is 96.3 Å². The van der Waals surface area contributed by atoms with Crippen LogP contribution >= 0.6 is 258 Å². The maximum atomic E-state index is 2.46. The Hall–Kier alpha value is 3.80. The van der Waals surface area contributed by atoms with Gasteiger partial charge < -0.3 is 0 Å². The highest BCUT2D eigenvalue weighted by Gasteiger charge is 2.37. The highest BCUT2D eigenvalue weighted by atomic mass is 32.3. The zero-order chi connectivity index (χ0) is 52.6. The van der Waals surface area contributed by atoms with Gasteiger partial charge in [0.15, 0.2) is 0 Å². The Balaban J connectivity index is 0.830. The predicted octanol–water partition coefficient (Wildman–Crippen LogP) is 28.3. The number of hydrogen-bond acceptors (Lipinski definition) is 22. The lowest BCUT2D eigenvalue weighted by atomic mass is 10.2. The summed E-state index contributed by atoms with van der Waals surface area (Å²) in [4.78, 5) is 5.40. The SMILES string of the molecule is CCCCCCSC1=C(SCCCCCC)SC(=C2SC3=C(SC(=Cc4ccc(C(=C5SC(SC)=C(SC)S5)c5ccc(C=C6SC7=C(S6)SC(=C6SC(SCCCCCC)=C(SCCCCCC)S6)S7)s5)s4)S3)S2)S1. The Morgan fingerprint density at radius 3 is 0.947 bits per heavy atom. The summed E-state index contributed by atoms with van der Waals surface area (Å²) in [7, 11) is 0. The first kappa shape index (κ1) is 64.3. The molecule has 7 aliphatic rings. The minimum atomic E-state index is 1.24. The Bertz CT molecular complexity index is 2420. The van der Waals surface area contributed by atoms with Crippen molar-refractivity contribution in [1.29, 1.82) is 0 Å². The second kappa shape index (κ2) is 34.4. The molecule has 7 aliphatic heterocycles. The van der Waals surface area contributed by atoms with Crippen molar-refractivity contribution in [3.63, 3.8) is 0 Å². The molecule has 0 aromatic carbocycles. The molecule has 0 saturated carbocycles. The Labute approximate surface area is 549 Å². The summed E-state index contributed by atoms with van der Waals surface area (Å²) in [5.41, 5.74) is 1.40. The van der Waals surface area contributed by atoms with Crippen LogP contribution in [0.25, 0.3) is 17.7 Å². The molecule has 2 aromatic heterocycles. The highest BCUT2D eigenvalue weighted by Crippen LogP contribution is 2.73. The smallest absolute Gasteiger partial charge is 0.0718 e. The normalized spacial score (nSPS) is 18.8. The van der Waals surface area contributed by atoms with E-state index in [0.29, 0.717) is 0 Å². The van der Waals surface area contributed by atoms with E-state index < -0.39 is 0 Å². The Morgan fingerprint density at radius 1 is 0.342 bits per heavy atom. The third kappa shape index (κ3) is 18.4. The summed E-state index contributed by atoms with van der Waals surface area (Å²) in [6.07, 6.45) is 30.7. The maximum absolute atomic E-state index is 2.46. The molecule has 0 unspecified atom stereocenters. The van der Waals surface area contributed by atoms with Crippen molar-refractivity contribution in [3.8, 4) is 0 Å². The number of rotatable bonds is 30. The molecule has 0 bridgehead atoms. The van der Waals surface area contributed by atoms with E-state index in [-0.39, 0.29) is 0 Å². The van der Waals surface area contributed by atoms with Gasteiger partial charge in [0.1, 0.15) is 0 Å².